The molecule has 3 heteroatoms. The Bertz CT molecular complexity index is 310. The fraction of sp³-hybridized carbons (Fsp3) is 0.455. The molecule has 14 heavy (non-hydrogen) atoms. The Labute approximate surface area is 91.8 Å². The number of nitrogens with one attached hydrogen (secondary N) is 1. The van der Waals surface area contributed by atoms with Gasteiger partial charge in [-0.1, -0.05) is 34.1 Å². The molecule has 2 rings (SSSR count). The van der Waals surface area contributed by atoms with E-state index in [1.165, 1.54) is 0 Å². The lowest BCUT2D eigenvalue weighted by atomic mass is 9.96. The van der Waals surface area contributed by atoms with E-state index in [4.69, 9.17) is 0 Å². The van der Waals surface area contributed by atoms with Gasteiger partial charge in [-0.25, -0.2) is 4.39 Å². The molecule has 0 radical (unpaired) electrons. The van der Waals surface area contributed by atoms with Crippen LogP contribution < -0.4 is 5.32 Å². The fourth-order valence-corrected chi connectivity index (χ4v) is 2.38. The van der Waals surface area contributed by atoms with Gasteiger partial charge in [0.25, 0.3) is 0 Å². The van der Waals surface area contributed by atoms with E-state index in [9.17, 15) is 4.39 Å². The average molecular weight is 258 g/mol. The lowest BCUT2D eigenvalue weighted by Gasteiger charge is -2.16. The summed E-state index contributed by atoms with van der Waals surface area (Å²) in [6.45, 7) is 1.73. The summed E-state index contributed by atoms with van der Waals surface area (Å²) in [5, 5.41) is 3.19. The highest BCUT2D eigenvalue weighted by Gasteiger charge is 2.26. The molecule has 1 saturated heterocycles. The molecule has 1 heterocycles. The Hall–Kier alpha value is -0.410. The normalized spacial score (nSPS) is 23.7. The maximum absolute atomic E-state index is 14.0. The molecule has 1 aliphatic rings. The number of benzene rings is 1. The molecule has 1 aromatic rings. The monoisotopic (exact) mass is 257 g/mol. The van der Waals surface area contributed by atoms with Crippen molar-refractivity contribution in [2.24, 2.45) is 5.92 Å². The number of halogens is 2. The summed E-state index contributed by atoms with van der Waals surface area (Å²) in [5.41, 5.74) is 0.779. The van der Waals surface area contributed by atoms with Gasteiger partial charge in [0.05, 0.1) is 0 Å². The Morgan fingerprint density at radius 3 is 2.86 bits per heavy atom. The minimum atomic E-state index is -0.847. The van der Waals surface area contributed by atoms with Crippen LogP contribution in [0.3, 0.4) is 0 Å². The molecule has 1 fully saturated rings. The van der Waals surface area contributed by atoms with Crippen LogP contribution in [0.5, 0.6) is 0 Å². The van der Waals surface area contributed by atoms with Crippen molar-refractivity contribution in [3.63, 3.8) is 0 Å². The van der Waals surface area contributed by atoms with E-state index in [-0.39, 0.29) is 5.92 Å². The van der Waals surface area contributed by atoms with Crippen LogP contribution >= 0.6 is 15.9 Å². The van der Waals surface area contributed by atoms with Crippen molar-refractivity contribution in [3.05, 3.63) is 34.3 Å². The first kappa shape index (κ1) is 10.1. The van der Waals surface area contributed by atoms with Crippen LogP contribution in [0.25, 0.3) is 0 Å². The predicted molar refractivity (Wildman–Crippen MR) is 59.0 cm³/mol. The van der Waals surface area contributed by atoms with E-state index in [1.54, 1.807) is 0 Å². The van der Waals surface area contributed by atoms with Crippen molar-refractivity contribution in [2.45, 2.75) is 12.6 Å². The van der Waals surface area contributed by atoms with E-state index in [2.05, 4.69) is 21.2 Å². The lowest BCUT2D eigenvalue weighted by Crippen LogP contribution is -2.13. The number of hydrogen-bond donors (Lipinski definition) is 1. The maximum Gasteiger partial charge on any atom is 0.130 e. The van der Waals surface area contributed by atoms with Gasteiger partial charge < -0.3 is 5.32 Å². The highest BCUT2D eigenvalue weighted by atomic mass is 79.9. The Morgan fingerprint density at radius 2 is 2.21 bits per heavy atom. The number of hydrogen-bond acceptors (Lipinski definition) is 1. The molecule has 2 atom stereocenters. The second-order valence-corrected chi connectivity index (χ2v) is 4.53. The summed E-state index contributed by atoms with van der Waals surface area (Å²) < 4.78 is 14.9. The molecule has 0 saturated carbocycles. The first-order chi connectivity index (χ1) is 6.79. The quantitative estimate of drug-likeness (QED) is 0.859. The van der Waals surface area contributed by atoms with Crippen LogP contribution in [0.15, 0.2) is 28.7 Å². The third-order valence-electron chi connectivity index (χ3n) is 2.71. The number of rotatable bonds is 2. The van der Waals surface area contributed by atoms with Gasteiger partial charge in [-0.3, -0.25) is 0 Å². The third kappa shape index (κ3) is 1.98. The van der Waals surface area contributed by atoms with Crippen LogP contribution in [0.1, 0.15) is 18.2 Å². The summed E-state index contributed by atoms with van der Waals surface area (Å²) in [6.07, 6.45) is 0.0863. The van der Waals surface area contributed by atoms with Crippen molar-refractivity contribution in [2.75, 3.05) is 13.1 Å². The van der Waals surface area contributed by atoms with E-state index >= 15 is 0 Å². The molecule has 0 spiro atoms. The van der Waals surface area contributed by atoms with E-state index in [0.29, 0.717) is 0 Å². The molecule has 0 aliphatic carbocycles. The number of alkyl halides is 1. The van der Waals surface area contributed by atoms with Crippen LogP contribution in [-0.2, 0) is 0 Å². The smallest absolute Gasteiger partial charge is 0.130 e. The minimum Gasteiger partial charge on any atom is -0.316 e. The summed E-state index contributed by atoms with van der Waals surface area (Å²) in [7, 11) is 0. The van der Waals surface area contributed by atoms with Gasteiger partial charge in [0, 0.05) is 22.5 Å². The zero-order chi connectivity index (χ0) is 9.97. The highest BCUT2D eigenvalue weighted by Crippen LogP contribution is 2.34. The van der Waals surface area contributed by atoms with Crippen LogP contribution in [0.4, 0.5) is 4.39 Å². The van der Waals surface area contributed by atoms with Gasteiger partial charge >= 0.3 is 0 Å². The van der Waals surface area contributed by atoms with Crippen molar-refractivity contribution < 1.29 is 4.39 Å². The van der Waals surface area contributed by atoms with Crippen molar-refractivity contribution in [1.82, 2.24) is 5.32 Å². The first-order valence-corrected chi connectivity index (χ1v) is 5.67. The van der Waals surface area contributed by atoms with Gasteiger partial charge in [0.2, 0.25) is 0 Å². The summed E-state index contributed by atoms with van der Waals surface area (Å²) in [4.78, 5) is 0. The molecule has 1 nitrogen and oxygen atoms in total. The molecule has 1 aliphatic heterocycles. The predicted octanol–water partition coefficient (Wildman–Crippen LogP) is 3.07. The lowest BCUT2D eigenvalue weighted by molar-refractivity contribution is 0.245. The fourth-order valence-electron chi connectivity index (χ4n) is 1.88. The highest BCUT2D eigenvalue weighted by molar-refractivity contribution is 9.10. The molecule has 0 amide bonds. The van der Waals surface area contributed by atoms with Gasteiger partial charge in [-0.15, -0.1) is 0 Å². The van der Waals surface area contributed by atoms with Crippen molar-refractivity contribution >= 4 is 15.9 Å². The first-order valence-electron chi connectivity index (χ1n) is 4.88. The summed E-state index contributed by atoms with van der Waals surface area (Å²) >= 11 is 3.38. The minimum absolute atomic E-state index is 0.133. The van der Waals surface area contributed by atoms with Crippen LogP contribution in [0, 0.1) is 5.92 Å². The van der Waals surface area contributed by atoms with Crippen LogP contribution in [0.2, 0.25) is 0 Å². The average Bonchev–Trinajstić information content (AvgIpc) is 2.70. The largest absolute Gasteiger partial charge is 0.316 e. The summed E-state index contributed by atoms with van der Waals surface area (Å²) in [6, 6.07) is 7.54. The van der Waals surface area contributed by atoms with Gasteiger partial charge in [-0.2, -0.15) is 0 Å². The van der Waals surface area contributed by atoms with Gasteiger partial charge in [0.15, 0.2) is 0 Å². The van der Waals surface area contributed by atoms with Gasteiger partial charge in [0.1, 0.15) is 6.17 Å². The Kier molecular flexibility index (Phi) is 3.19. The molecule has 76 valence electrons. The van der Waals surface area contributed by atoms with Crippen LogP contribution in [-0.4, -0.2) is 13.1 Å². The SMILES string of the molecule is FC(c1ccccc1Br)C1CCNC1. The topological polar surface area (TPSA) is 12.0 Å². The zero-order valence-electron chi connectivity index (χ0n) is 7.84. The van der Waals surface area contributed by atoms with Crippen molar-refractivity contribution in [3.8, 4) is 0 Å². The summed E-state index contributed by atoms with van der Waals surface area (Å²) in [5.74, 6) is 0.133. The Morgan fingerprint density at radius 1 is 1.43 bits per heavy atom. The van der Waals surface area contributed by atoms with E-state index < -0.39 is 6.17 Å². The molecular formula is C11H13BrFN. The second kappa shape index (κ2) is 4.41. The van der Waals surface area contributed by atoms with Gasteiger partial charge in [-0.05, 0) is 19.0 Å². The van der Waals surface area contributed by atoms with E-state index in [0.717, 1.165) is 29.5 Å². The molecule has 0 aromatic heterocycles. The second-order valence-electron chi connectivity index (χ2n) is 3.68. The van der Waals surface area contributed by atoms with Crippen molar-refractivity contribution in [1.29, 1.82) is 0 Å². The molecule has 0 bridgehead atoms. The molecule has 1 N–H and O–H groups in total. The standard InChI is InChI=1S/C11H13BrFN/c12-10-4-2-1-3-9(10)11(13)8-5-6-14-7-8/h1-4,8,11,14H,5-7H2. The third-order valence-corrected chi connectivity index (χ3v) is 3.44. The molecule has 1 aromatic carbocycles. The maximum atomic E-state index is 14.0. The molecule has 2 unspecified atom stereocenters. The molecular weight excluding hydrogens is 245 g/mol. The van der Waals surface area contributed by atoms with E-state index in [1.807, 2.05) is 24.3 Å². The Balaban J connectivity index is 2.17. The zero-order valence-corrected chi connectivity index (χ0v) is 9.43.